The lowest BCUT2D eigenvalue weighted by atomic mass is 10.3. The molecule has 0 aromatic heterocycles. The van der Waals surface area contributed by atoms with Gasteiger partial charge in [0.25, 0.3) is 0 Å². The summed E-state index contributed by atoms with van der Waals surface area (Å²) in [7, 11) is 3.21. The molecule has 1 saturated heterocycles. The normalized spacial score (nSPS) is 18.9. The zero-order valence-corrected chi connectivity index (χ0v) is 18.6. The molecule has 1 aromatic rings. The van der Waals surface area contributed by atoms with E-state index in [2.05, 4.69) is 15.6 Å². The van der Waals surface area contributed by atoms with Crippen molar-refractivity contribution in [3.8, 4) is 11.5 Å². The monoisotopic (exact) mass is 516 g/mol. The molecule has 0 radical (unpaired) electrons. The second kappa shape index (κ2) is 11.5. The van der Waals surface area contributed by atoms with Gasteiger partial charge >= 0.3 is 6.18 Å². The molecule has 2 unspecified atom stereocenters. The van der Waals surface area contributed by atoms with Crippen LogP contribution in [0.25, 0.3) is 0 Å². The Morgan fingerprint density at radius 1 is 1.32 bits per heavy atom. The molecule has 0 saturated carbocycles. The third-order valence-corrected chi connectivity index (χ3v) is 4.19. The highest BCUT2D eigenvalue weighted by Crippen LogP contribution is 2.26. The summed E-state index contributed by atoms with van der Waals surface area (Å²) in [6.07, 6.45) is -3.69. The van der Waals surface area contributed by atoms with Gasteiger partial charge in [0.15, 0.2) is 17.5 Å². The fourth-order valence-electron chi connectivity index (χ4n) is 2.95. The van der Waals surface area contributed by atoms with Gasteiger partial charge in [0.2, 0.25) is 0 Å². The number of rotatable bonds is 7. The Balaban J connectivity index is 0.00000392. The summed E-state index contributed by atoms with van der Waals surface area (Å²) in [6, 6.07) is 7.32. The molecular formula is C18H28F3IN4O2. The molecule has 10 heteroatoms. The van der Waals surface area contributed by atoms with E-state index in [0.29, 0.717) is 43.5 Å². The van der Waals surface area contributed by atoms with Crippen molar-refractivity contribution in [2.24, 2.45) is 4.99 Å². The van der Waals surface area contributed by atoms with E-state index in [1.807, 2.05) is 31.2 Å². The smallest absolute Gasteiger partial charge is 0.401 e. The fourth-order valence-corrected chi connectivity index (χ4v) is 2.95. The predicted molar refractivity (Wildman–Crippen MR) is 114 cm³/mol. The molecule has 1 aliphatic heterocycles. The Morgan fingerprint density at radius 3 is 2.61 bits per heavy atom. The van der Waals surface area contributed by atoms with Gasteiger partial charge in [0.05, 0.1) is 20.2 Å². The van der Waals surface area contributed by atoms with E-state index in [1.165, 1.54) is 4.90 Å². The van der Waals surface area contributed by atoms with Crippen LogP contribution < -0.4 is 20.1 Å². The van der Waals surface area contributed by atoms with E-state index in [4.69, 9.17) is 9.47 Å². The van der Waals surface area contributed by atoms with Crippen molar-refractivity contribution in [1.82, 2.24) is 15.5 Å². The van der Waals surface area contributed by atoms with Crippen LogP contribution in [0.5, 0.6) is 11.5 Å². The van der Waals surface area contributed by atoms with Crippen LogP contribution >= 0.6 is 24.0 Å². The van der Waals surface area contributed by atoms with Gasteiger partial charge in [0, 0.05) is 26.2 Å². The van der Waals surface area contributed by atoms with Crippen LogP contribution in [0.3, 0.4) is 0 Å². The van der Waals surface area contributed by atoms with Gasteiger partial charge in [-0.25, -0.2) is 0 Å². The summed E-state index contributed by atoms with van der Waals surface area (Å²) >= 11 is 0. The molecule has 1 fully saturated rings. The molecule has 1 heterocycles. The predicted octanol–water partition coefficient (Wildman–Crippen LogP) is 2.88. The lowest BCUT2D eigenvalue weighted by Gasteiger charge is -2.21. The first kappa shape index (κ1) is 24.6. The lowest BCUT2D eigenvalue weighted by Crippen LogP contribution is -2.47. The number of nitrogens with zero attached hydrogens (tertiary/aromatic N) is 2. The van der Waals surface area contributed by atoms with Crippen molar-refractivity contribution in [2.75, 3.05) is 40.3 Å². The average Bonchev–Trinajstić information content (AvgIpc) is 3.04. The molecule has 0 bridgehead atoms. The maximum absolute atomic E-state index is 12.5. The number of hydrogen-bond donors (Lipinski definition) is 2. The summed E-state index contributed by atoms with van der Waals surface area (Å²) in [6.45, 7) is 2.28. The fraction of sp³-hybridized carbons (Fsp3) is 0.611. The molecule has 2 rings (SSSR count). The van der Waals surface area contributed by atoms with E-state index in [9.17, 15) is 13.2 Å². The number of halogens is 4. The molecule has 160 valence electrons. The van der Waals surface area contributed by atoms with Gasteiger partial charge in [-0.05, 0) is 25.5 Å². The Kier molecular flexibility index (Phi) is 10.1. The van der Waals surface area contributed by atoms with E-state index in [-0.39, 0.29) is 36.1 Å². The minimum Gasteiger partial charge on any atom is -0.493 e. The molecule has 1 aliphatic rings. The minimum atomic E-state index is -4.17. The number of alkyl halides is 3. The highest BCUT2D eigenvalue weighted by molar-refractivity contribution is 14.0. The number of hydrogen-bond acceptors (Lipinski definition) is 4. The summed E-state index contributed by atoms with van der Waals surface area (Å²) in [5.74, 6) is 1.85. The average molecular weight is 516 g/mol. The van der Waals surface area contributed by atoms with E-state index in [0.717, 1.165) is 0 Å². The molecule has 1 aromatic carbocycles. The number of ether oxygens (including phenoxy) is 2. The molecule has 28 heavy (non-hydrogen) atoms. The van der Waals surface area contributed by atoms with Crippen LogP contribution in [-0.2, 0) is 0 Å². The number of guanidine groups is 1. The van der Waals surface area contributed by atoms with Crippen LogP contribution in [0.2, 0.25) is 0 Å². The second-order valence-electron chi connectivity index (χ2n) is 6.51. The van der Waals surface area contributed by atoms with E-state index in [1.54, 1.807) is 14.2 Å². The molecule has 0 aliphatic carbocycles. The highest BCUT2D eigenvalue weighted by Gasteiger charge is 2.34. The van der Waals surface area contributed by atoms with Crippen LogP contribution in [0.4, 0.5) is 13.2 Å². The Bertz CT molecular complexity index is 631. The van der Waals surface area contributed by atoms with Gasteiger partial charge in [-0.1, -0.05) is 12.1 Å². The molecule has 0 amide bonds. The van der Waals surface area contributed by atoms with Crippen LogP contribution in [0, 0.1) is 0 Å². The number of para-hydroxylation sites is 2. The van der Waals surface area contributed by atoms with Crippen molar-refractivity contribution >= 4 is 29.9 Å². The maximum atomic E-state index is 12.5. The molecule has 0 spiro atoms. The number of methoxy groups -OCH3 is 1. The summed E-state index contributed by atoms with van der Waals surface area (Å²) in [5.41, 5.74) is 0. The topological polar surface area (TPSA) is 58.1 Å². The molecule has 2 atom stereocenters. The Labute approximate surface area is 180 Å². The SMILES string of the molecule is CN=C(NCC(C)Oc1ccccc1OC)NC1CCN(CC(F)(F)F)C1.I. The maximum Gasteiger partial charge on any atom is 0.401 e. The number of likely N-dealkylation sites (tertiary alicyclic amines) is 1. The summed E-state index contributed by atoms with van der Waals surface area (Å²) in [4.78, 5) is 5.54. The number of benzene rings is 1. The van der Waals surface area contributed by atoms with Crippen molar-refractivity contribution in [3.63, 3.8) is 0 Å². The number of nitrogens with one attached hydrogen (secondary N) is 2. The summed E-state index contributed by atoms with van der Waals surface area (Å²) in [5, 5.41) is 6.32. The van der Waals surface area contributed by atoms with Crippen molar-refractivity contribution in [2.45, 2.75) is 31.7 Å². The second-order valence-corrected chi connectivity index (χ2v) is 6.51. The third-order valence-electron chi connectivity index (χ3n) is 4.19. The van der Waals surface area contributed by atoms with Crippen LogP contribution in [0.15, 0.2) is 29.3 Å². The first-order chi connectivity index (χ1) is 12.8. The minimum absolute atomic E-state index is 0. The summed E-state index contributed by atoms with van der Waals surface area (Å²) < 4.78 is 48.6. The van der Waals surface area contributed by atoms with Gasteiger partial charge in [-0.3, -0.25) is 9.89 Å². The van der Waals surface area contributed by atoms with Crippen molar-refractivity contribution in [1.29, 1.82) is 0 Å². The van der Waals surface area contributed by atoms with Gasteiger partial charge in [-0.2, -0.15) is 13.2 Å². The van der Waals surface area contributed by atoms with Crippen LogP contribution in [0.1, 0.15) is 13.3 Å². The van der Waals surface area contributed by atoms with E-state index < -0.39 is 12.7 Å². The molecule has 2 N–H and O–H groups in total. The van der Waals surface area contributed by atoms with Crippen LogP contribution in [-0.4, -0.2) is 69.5 Å². The lowest BCUT2D eigenvalue weighted by molar-refractivity contribution is -0.143. The highest BCUT2D eigenvalue weighted by atomic mass is 127. The largest absolute Gasteiger partial charge is 0.493 e. The first-order valence-electron chi connectivity index (χ1n) is 8.86. The quantitative estimate of drug-likeness (QED) is 0.332. The van der Waals surface area contributed by atoms with Gasteiger partial charge < -0.3 is 20.1 Å². The number of aliphatic imine (C=N–C) groups is 1. The van der Waals surface area contributed by atoms with E-state index >= 15 is 0 Å². The zero-order valence-electron chi connectivity index (χ0n) is 16.3. The van der Waals surface area contributed by atoms with Crippen molar-refractivity contribution < 1.29 is 22.6 Å². The van der Waals surface area contributed by atoms with Crippen molar-refractivity contribution in [3.05, 3.63) is 24.3 Å². The molecule has 6 nitrogen and oxygen atoms in total. The standard InChI is InChI=1S/C18H27F3N4O2.HI/c1-13(27-16-7-5-4-6-15(16)26-3)10-23-17(22-2)24-14-8-9-25(11-14)12-18(19,20)21;/h4-7,13-14H,8-12H2,1-3H3,(H2,22,23,24);1H. The van der Waals surface area contributed by atoms with Gasteiger partial charge in [0.1, 0.15) is 6.10 Å². The Hall–Kier alpha value is -1.43. The first-order valence-corrected chi connectivity index (χ1v) is 8.86. The zero-order chi connectivity index (χ0) is 19.9. The molecular weight excluding hydrogens is 488 g/mol. The Morgan fingerprint density at radius 2 is 2.00 bits per heavy atom. The van der Waals surface area contributed by atoms with Gasteiger partial charge in [-0.15, -0.1) is 24.0 Å². The third kappa shape index (κ3) is 8.29.